The van der Waals surface area contributed by atoms with Crippen molar-refractivity contribution in [2.45, 2.75) is 6.73 Å². The molecule has 1 aromatic heterocycles. The molecule has 4 heteroatoms. The highest BCUT2D eigenvalue weighted by molar-refractivity contribution is 5.89. The van der Waals surface area contributed by atoms with E-state index in [9.17, 15) is 9.59 Å². The standard InChI is InChI=1S/C13H11NO3/c1-9-4-3-5-11-10(2)14(8-17-13(11)16)12(15)7-6-9/h3-7H,1-2,8H2. The summed E-state index contributed by atoms with van der Waals surface area (Å²) in [5, 5.41) is 1.03. The van der Waals surface area contributed by atoms with Crippen LogP contribution in [0.4, 0.5) is 0 Å². The van der Waals surface area contributed by atoms with Crippen LogP contribution in [0.1, 0.15) is 10.4 Å². The van der Waals surface area contributed by atoms with E-state index < -0.39 is 5.97 Å². The summed E-state index contributed by atoms with van der Waals surface area (Å²) in [6.45, 7) is 7.38. The summed E-state index contributed by atoms with van der Waals surface area (Å²) in [5.41, 5.74) is -0.00574. The molecule has 2 rings (SSSR count). The van der Waals surface area contributed by atoms with Gasteiger partial charge in [0.15, 0.2) is 6.73 Å². The van der Waals surface area contributed by atoms with Crippen molar-refractivity contribution in [3.05, 3.63) is 56.8 Å². The average Bonchev–Trinajstić information content (AvgIpc) is 2.29. The predicted molar refractivity (Wildman–Crippen MR) is 64.0 cm³/mol. The largest absolute Gasteiger partial charge is 0.440 e. The van der Waals surface area contributed by atoms with Crippen molar-refractivity contribution in [3.8, 4) is 0 Å². The number of rotatable bonds is 0. The van der Waals surface area contributed by atoms with Crippen molar-refractivity contribution in [1.82, 2.24) is 4.57 Å². The monoisotopic (exact) mass is 229 g/mol. The van der Waals surface area contributed by atoms with Gasteiger partial charge in [-0.25, -0.2) is 4.79 Å². The van der Waals surface area contributed by atoms with Gasteiger partial charge in [-0.3, -0.25) is 9.36 Å². The normalized spacial score (nSPS) is 12.6. The van der Waals surface area contributed by atoms with Crippen LogP contribution in [0, 0.1) is 0 Å². The first kappa shape index (κ1) is 11.1. The van der Waals surface area contributed by atoms with Crippen LogP contribution in [0.15, 0.2) is 35.1 Å². The molecule has 86 valence electrons. The van der Waals surface area contributed by atoms with Crippen LogP contribution < -0.4 is 16.1 Å². The fraction of sp³-hybridized carbons (Fsp3) is 0.0769. The lowest BCUT2D eigenvalue weighted by Crippen LogP contribution is -2.39. The van der Waals surface area contributed by atoms with Crippen molar-refractivity contribution in [3.63, 3.8) is 0 Å². The molecule has 0 aromatic carbocycles. The lowest BCUT2D eigenvalue weighted by atomic mass is 10.2. The maximum atomic E-state index is 11.8. The van der Waals surface area contributed by atoms with Gasteiger partial charge < -0.3 is 4.74 Å². The van der Waals surface area contributed by atoms with E-state index in [-0.39, 0.29) is 17.9 Å². The van der Waals surface area contributed by atoms with Crippen LogP contribution in [-0.4, -0.2) is 10.5 Å². The average molecular weight is 229 g/mol. The minimum atomic E-state index is -0.473. The van der Waals surface area contributed by atoms with Gasteiger partial charge in [-0.15, -0.1) is 0 Å². The fourth-order valence-corrected chi connectivity index (χ4v) is 1.49. The molecule has 17 heavy (non-hydrogen) atoms. The molecule has 2 heterocycles. The third kappa shape index (κ3) is 2.10. The first-order valence-electron chi connectivity index (χ1n) is 5.03. The second-order valence-corrected chi connectivity index (χ2v) is 3.62. The van der Waals surface area contributed by atoms with Crippen LogP contribution in [0.25, 0.3) is 13.2 Å². The number of ether oxygens (including phenoxy) is 1. The smallest absolute Gasteiger partial charge is 0.341 e. The molecule has 1 aliphatic heterocycles. The van der Waals surface area contributed by atoms with E-state index in [1.807, 2.05) is 0 Å². The molecule has 0 saturated carbocycles. The first-order chi connectivity index (χ1) is 8.09. The molecule has 1 aromatic rings. The summed E-state index contributed by atoms with van der Waals surface area (Å²) in [4.78, 5) is 23.3. The zero-order chi connectivity index (χ0) is 12.4. The Balaban J connectivity index is 2.98. The molecule has 2 bridgehead atoms. The molecule has 1 aliphatic rings. The van der Waals surface area contributed by atoms with Crippen molar-refractivity contribution in [2.24, 2.45) is 0 Å². The highest BCUT2D eigenvalue weighted by Gasteiger charge is 2.14. The van der Waals surface area contributed by atoms with Gasteiger partial charge in [0.05, 0.1) is 10.9 Å². The zero-order valence-electron chi connectivity index (χ0n) is 9.18. The summed E-state index contributed by atoms with van der Waals surface area (Å²) in [7, 11) is 0. The summed E-state index contributed by atoms with van der Waals surface area (Å²) >= 11 is 0. The Bertz CT molecular complexity index is 687. The van der Waals surface area contributed by atoms with Crippen LogP contribution in [0.5, 0.6) is 0 Å². The number of aromatic nitrogens is 1. The summed E-state index contributed by atoms with van der Waals surface area (Å²) in [6.07, 6.45) is 0. The van der Waals surface area contributed by atoms with E-state index in [2.05, 4.69) is 13.2 Å². The Kier molecular flexibility index (Phi) is 2.78. The number of carbonyl (C=O) groups is 1. The van der Waals surface area contributed by atoms with E-state index in [1.165, 1.54) is 10.6 Å². The van der Waals surface area contributed by atoms with E-state index in [1.54, 1.807) is 24.3 Å². The molecule has 0 aliphatic carbocycles. The SMILES string of the molecule is C=c1cccc2c(=C)n(c(=O)cc1)COC2=O. The zero-order valence-corrected chi connectivity index (χ0v) is 9.18. The van der Waals surface area contributed by atoms with Gasteiger partial charge in [0, 0.05) is 6.07 Å². The Morgan fingerprint density at radius 2 is 1.88 bits per heavy atom. The number of hydrogen-bond acceptors (Lipinski definition) is 3. The fourth-order valence-electron chi connectivity index (χ4n) is 1.49. The Morgan fingerprint density at radius 3 is 2.65 bits per heavy atom. The molecule has 0 amide bonds. The predicted octanol–water partition coefficient (Wildman–Crippen LogP) is -0.0788. The third-order valence-electron chi connectivity index (χ3n) is 2.46. The second-order valence-electron chi connectivity index (χ2n) is 3.62. The Morgan fingerprint density at radius 1 is 1.12 bits per heavy atom. The molecule has 0 unspecified atom stereocenters. The quantitative estimate of drug-likeness (QED) is 0.585. The van der Waals surface area contributed by atoms with Crippen molar-refractivity contribution in [1.29, 1.82) is 0 Å². The molecule has 0 atom stereocenters. The van der Waals surface area contributed by atoms with Gasteiger partial charge in [0.25, 0.3) is 5.56 Å². The van der Waals surface area contributed by atoms with Crippen molar-refractivity contribution < 1.29 is 9.53 Å². The minimum Gasteiger partial charge on any atom is -0.440 e. The molecule has 0 saturated heterocycles. The maximum absolute atomic E-state index is 11.8. The van der Waals surface area contributed by atoms with E-state index >= 15 is 0 Å². The molecule has 0 fully saturated rings. The first-order valence-corrected chi connectivity index (χ1v) is 5.03. The van der Waals surface area contributed by atoms with Gasteiger partial charge in [-0.1, -0.05) is 31.4 Å². The topological polar surface area (TPSA) is 48.3 Å². The Labute approximate surface area is 97.4 Å². The minimum absolute atomic E-state index is 0.103. The number of hydrogen-bond donors (Lipinski definition) is 0. The number of cyclic esters (lactones) is 1. The van der Waals surface area contributed by atoms with E-state index in [0.29, 0.717) is 10.6 Å². The van der Waals surface area contributed by atoms with Gasteiger partial charge >= 0.3 is 5.97 Å². The van der Waals surface area contributed by atoms with Gasteiger partial charge in [0.2, 0.25) is 0 Å². The van der Waals surface area contributed by atoms with Crippen LogP contribution in [-0.2, 0) is 11.5 Å². The van der Waals surface area contributed by atoms with E-state index in [0.717, 1.165) is 0 Å². The Hall–Kier alpha value is -2.36. The molecular formula is C13H11NO3. The molecule has 0 spiro atoms. The highest BCUT2D eigenvalue weighted by atomic mass is 16.5. The van der Waals surface area contributed by atoms with Crippen LogP contribution in [0.3, 0.4) is 0 Å². The maximum Gasteiger partial charge on any atom is 0.341 e. The molecule has 4 nitrogen and oxygen atoms in total. The number of fused-ring (bicyclic) bond motifs is 2. The lowest BCUT2D eigenvalue weighted by Gasteiger charge is -2.13. The van der Waals surface area contributed by atoms with Crippen LogP contribution >= 0.6 is 0 Å². The lowest BCUT2D eigenvalue weighted by molar-refractivity contribution is 0.0315. The van der Waals surface area contributed by atoms with Crippen molar-refractivity contribution >= 4 is 19.1 Å². The number of nitrogens with zero attached hydrogens (tertiary/aromatic N) is 1. The number of carbonyl (C=O) groups excluding carboxylic acids is 1. The van der Waals surface area contributed by atoms with Crippen molar-refractivity contribution in [2.75, 3.05) is 0 Å². The van der Waals surface area contributed by atoms with Crippen LogP contribution in [0.2, 0.25) is 0 Å². The summed E-state index contributed by atoms with van der Waals surface area (Å²) < 4.78 is 6.19. The van der Waals surface area contributed by atoms with Gasteiger partial charge in [0.1, 0.15) is 0 Å². The number of esters is 1. The molecule has 0 radical (unpaired) electrons. The van der Waals surface area contributed by atoms with E-state index in [4.69, 9.17) is 4.74 Å². The van der Waals surface area contributed by atoms with Gasteiger partial charge in [-0.05, 0) is 11.3 Å². The summed E-state index contributed by atoms with van der Waals surface area (Å²) in [6, 6.07) is 7.91. The third-order valence-corrected chi connectivity index (χ3v) is 2.46. The molecule has 0 N–H and O–H groups in total. The highest BCUT2D eigenvalue weighted by Crippen LogP contribution is 1.97. The van der Waals surface area contributed by atoms with Gasteiger partial charge in [-0.2, -0.15) is 0 Å². The molecular weight excluding hydrogens is 218 g/mol. The summed E-state index contributed by atoms with van der Waals surface area (Å²) in [5.74, 6) is -0.473. The second kappa shape index (κ2) is 4.25.